The van der Waals surface area contributed by atoms with Crippen LogP contribution in [0.5, 0.6) is 23.0 Å². The summed E-state index contributed by atoms with van der Waals surface area (Å²) in [5.41, 5.74) is 1.91. The number of methoxy groups -OCH3 is 3. The fourth-order valence-corrected chi connectivity index (χ4v) is 5.42. The minimum atomic E-state index is -1.03. The highest BCUT2D eigenvalue weighted by Gasteiger charge is 2.47. The minimum Gasteiger partial charge on any atom is -0.507 e. The molecule has 3 aromatic carbocycles. The molecule has 1 atom stereocenters. The number of aliphatic hydroxyl groups excluding tert-OH is 1. The number of rotatable bonds is 9. The van der Waals surface area contributed by atoms with Crippen LogP contribution in [0.1, 0.15) is 36.6 Å². The quantitative estimate of drug-likeness (QED) is 0.171. The molecule has 3 aromatic rings. The molecule has 1 unspecified atom stereocenters. The second kappa shape index (κ2) is 12.1. The van der Waals surface area contributed by atoms with Gasteiger partial charge in [0.1, 0.15) is 10.8 Å². The molecule has 1 amide bonds. The summed E-state index contributed by atoms with van der Waals surface area (Å²) in [6.07, 6.45) is 0.803. The van der Waals surface area contributed by atoms with Gasteiger partial charge in [-0.2, -0.15) is 0 Å². The average Bonchev–Trinajstić information content (AvgIpc) is 3.22. The topological polar surface area (TPSA) is 94.5 Å². The first-order chi connectivity index (χ1) is 19.2. The van der Waals surface area contributed by atoms with Gasteiger partial charge in [0.25, 0.3) is 11.7 Å². The van der Waals surface area contributed by atoms with Gasteiger partial charge in [-0.25, -0.2) is 0 Å². The van der Waals surface area contributed by atoms with Crippen LogP contribution in [0.15, 0.2) is 54.1 Å². The van der Waals surface area contributed by atoms with Crippen molar-refractivity contribution in [3.63, 3.8) is 0 Å². The van der Waals surface area contributed by atoms with Crippen LogP contribution in [0.2, 0.25) is 10.0 Å². The molecule has 40 heavy (non-hydrogen) atoms. The molecule has 1 aliphatic rings. The monoisotopic (exact) mass is 585 g/mol. The Balaban J connectivity index is 2.02. The van der Waals surface area contributed by atoms with Crippen LogP contribution in [-0.4, -0.2) is 44.7 Å². The third-order valence-corrected chi connectivity index (χ3v) is 7.29. The van der Waals surface area contributed by atoms with Crippen molar-refractivity contribution in [1.29, 1.82) is 0 Å². The van der Waals surface area contributed by atoms with E-state index in [1.54, 1.807) is 30.3 Å². The summed E-state index contributed by atoms with van der Waals surface area (Å²) in [4.78, 5) is 28.6. The minimum absolute atomic E-state index is 0.00284. The van der Waals surface area contributed by atoms with E-state index in [4.69, 9.17) is 42.1 Å². The van der Waals surface area contributed by atoms with Crippen molar-refractivity contribution in [2.24, 2.45) is 0 Å². The van der Waals surface area contributed by atoms with Crippen molar-refractivity contribution in [1.82, 2.24) is 0 Å². The summed E-state index contributed by atoms with van der Waals surface area (Å²) in [6.45, 7) is 4.21. The van der Waals surface area contributed by atoms with Crippen LogP contribution < -0.4 is 23.8 Å². The molecule has 0 radical (unpaired) electrons. The number of carbonyl (C=O) groups is 2. The number of aliphatic hydroxyl groups is 1. The summed E-state index contributed by atoms with van der Waals surface area (Å²) in [6, 6.07) is 12.7. The Morgan fingerprint density at radius 1 is 0.900 bits per heavy atom. The van der Waals surface area contributed by atoms with Gasteiger partial charge in [0, 0.05) is 5.69 Å². The number of hydrogen-bond donors (Lipinski definition) is 1. The number of ether oxygens (including phenoxy) is 4. The van der Waals surface area contributed by atoms with Crippen molar-refractivity contribution in [2.45, 2.75) is 26.3 Å². The van der Waals surface area contributed by atoms with Gasteiger partial charge >= 0.3 is 0 Å². The van der Waals surface area contributed by atoms with Gasteiger partial charge in [-0.3, -0.25) is 14.5 Å². The van der Waals surface area contributed by atoms with Gasteiger partial charge in [-0.15, -0.1) is 0 Å². The molecule has 210 valence electrons. The summed E-state index contributed by atoms with van der Waals surface area (Å²) < 4.78 is 21.9. The lowest BCUT2D eigenvalue weighted by molar-refractivity contribution is -0.132. The molecule has 1 heterocycles. The normalized spacial score (nSPS) is 16.3. The third kappa shape index (κ3) is 5.05. The van der Waals surface area contributed by atoms with Crippen molar-refractivity contribution in [2.75, 3.05) is 32.8 Å². The molecule has 1 aliphatic heterocycles. The summed E-state index contributed by atoms with van der Waals surface area (Å²) in [5, 5.41) is 11.8. The van der Waals surface area contributed by atoms with E-state index in [-0.39, 0.29) is 32.7 Å². The van der Waals surface area contributed by atoms with Crippen molar-refractivity contribution in [3.8, 4) is 23.0 Å². The maximum Gasteiger partial charge on any atom is 0.300 e. The predicted octanol–water partition coefficient (Wildman–Crippen LogP) is 6.61. The molecular formula is C30H29Cl2NO7. The molecular weight excluding hydrogens is 557 g/mol. The number of hydrogen-bond acceptors (Lipinski definition) is 7. The van der Waals surface area contributed by atoms with Crippen LogP contribution in [-0.2, 0) is 16.0 Å². The molecule has 0 spiro atoms. The number of aryl methyl sites for hydroxylation is 1. The Kier molecular flexibility index (Phi) is 8.81. The second-order valence-corrected chi connectivity index (χ2v) is 9.60. The van der Waals surface area contributed by atoms with Gasteiger partial charge in [-0.05, 0) is 54.8 Å². The maximum absolute atomic E-state index is 13.6. The van der Waals surface area contributed by atoms with E-state index in [0.717, 1.165) is 12.0 Å². The number of carbonyl (C=O) groups excluding carboxylic acids is 2. The van der Waals surface area contributed by atoms with Crippen LogP contribution >= 0.6 is 23.2 Å². The summed E-state index contributed by atoms with van der Waals surface area (Å²) in [7, 11) is 4.26. The van der Waals surface area contributed by atoms with Gasteiger partial charge in [0.2, 0.25) is 0 Å². The van der Waals surface area contributed by atoms with Crippen LogP contribution in [0.25, 0.3) is 5.76 Å². The van der Waals surface area contributed by atoms with Gasteiger partial charge in [-0.1, -0.05) is 48.3 Å². The molecule has 4 rings (SSSR count). The van der Waals surface area contributed by atoms with E-state index >= 15 is 0 Å². The third-order valence-electron chi connectivity index (χ3n) is 6.67. The number of benzene rings is 3. The lowest BCUT2D eigenvalue weighted by Gasteiger charge is -2.26. The molecule has 0 aromatic heterocycles. The number of amides is 1. The maximum atomic E-state index is 13.6. The molecule has 0 aliphatic carbocycles. The largest absolute Gasteiger partial charge is 0.507 e. The van der Waals surface area contributed by atoms with Gasteiger partial charge in [0.15, 0.2) is 23.0 Å². The Morgan fingerprint density at radius 2 is 1.57 bits per heavy atom. The van der Waals surface area contributed by atoms with Gasteiger partial charge < -0.3 is 24.1 Å². The highest BCUT2D eigenvalue weighted by Crippen LogP contribution is 2.48. The first-order valence-corrected chi connectivity index (χ1v) is 13.3. The van der Waals surface area contributed by atoms with E-state index in [9.17, 15) is 14.7 Å². The number of anilines is 1. The Labute approximate surface area is 242 Å². The molecule has 8 nitrogen and oxygen atoms in total. The van der Waals surface area contributed by atoms with Crippen LogP contribution in [0.3, 0.4) is 0 Å². The zero-order chi connectivity index (χ0) is 29.1. The van der Waals surface area contributed by atoms with Crippen molar-refractivity contribution < 1.29 is 33.6 Å². The molecule has 0 bridgehead atoms. The number of ketones is 1. The van der Waals surface area contributed by atoms with E-state index in [1.807, 2.05) is 26.0 Å². The molecule has 1 N–H and O–H groups in total. The molecule has 1 fully saturated rings. The average molecular weight is 586 g/mol. The van der Waals surface area contributed by atoms with E-state index < -0.39 is 23.5 Å². The number of halogens is 2. The first kappa shape index (κ1) is 29.1. The summed E-state index contributed by atoms with van der Waals surface area (Å²) >= 11 is 12.9. The smallest absolute Gasteiger partial charge is 0.300 e. The first-order valence-electron chi connectivity index (χ1n) is 12.5. The predicted molar refractivity (Wildman–Crippen MR) is 154 cm³/mol. The van der Waals surface area contributed by atoms with E-state index in [0.29, 0.717) is 29.4 Å². The number of nitrogens with zero attached hydrogens (tertiary/aromatic N) is 1. The Hall–Kier alpha value is -3.88. The highest BCUT2D eigenvalue weighted by molar-refractivity contribution is 6.52. The fraction of sp³-hybridized carbons (Fsp3) is 0.267. The zero-order valence-electron chi connectivity index (χ0n) is 22.7. The second-order valence-electron chi connectivity index (χ2n) is 8.82. The van der Waals surface area contributed by atoms with Crippen LogP contribution in [0.4, 0.5) is 5.69 Å². The van der Waals surface area contributed by atoms with Crippen molar-refractivity contribution >= 4 is 46.3 Å². The fourth-order valence-electron chi connectivity index (χ4n) is 4.73. The molecule has 1 saturated heterocycles. The number of Topliss-reactive ketones (excluding diaryl/α,β-unsaturated/α-hetero) is 1. The van der Waals surface area contributed by atoms with Crippen LogP contribution in [0, 0.1) is 0 Å². The lowest BCUT2D eigenvalue weighted by atomic mass is 9.94. The standard InChI is InChI=1S/C30H29Cl2NO7/c1-6-16-8-11-18(12-9-16)33-25(17-10-13-21(37-3)22(14-17)40-7-2)23(27(35)30(33)36)26(34)19-15-20(31)29(39-5)24(32)28(19)38-4/h8-15,25,34H,6-7H2,1-5H3/b26-23+. The summed E-state index contributed by atoms with van der Waals surface area (Å²) in [5.74, 6) is -1.14. The van der Waals surface area contributed by atoms with E-state index in [2.05, 4.69) is 0 Å². The molecule has 0 saturated carbocycles. The van der Waals surface area contributed by atoms with E-state index in [1.165, 1.54) is 32.3 Å². The Morgan fingerprint density at radius 3 is 2.15 bits per heavy atom. The van der Waals surface area contributed by atoms with Gasteiger partial charge in [0.05, 0.1) is 50.1 Å². The lowest BCUT2D eigenvalue weighted by Crippen LogP contribution is -2.29. The molecule has 10 heteroatoms. The van der Waals surface area contributed by atoms with Crippen molar-refractivity contribution in [3.05, 3.63) is 80.8 Å². The SMILES string of the molecule is CCOc1cc(C2/C(=C(\O)c3cc(Cl)c(OC)c(Cl)c3OC)C(=O)C(=O)N2c2ccc(CC)cc2)ccc1OC. The highest BCUT2D eigenvalue weighted by atomic mass is 35.5. The Bertz CT molecular complexity index is 1480. The zero-order valence-corrected chi connectivity index (χ0v) is 24.2.